The van der Waals surface area contributed by atoms with Crippen molar-refractivity contribution in [2.45, 2.75) is 19.1 Å². The van der Waals surface area contributed by atoms with E-state index in [2.05, 4.69) is 5.32 Å². The van der Waals surface area contributed by atoms with Gasteiger partial charge in [0.05, 0.1) is 6.04 Å². The Kier molecular flexibility index (Phi) is 2.09. The van der Waals surface area contributed by atoms with Gasteiger partial charge in [0.25, 0.3) is 0 Å². The Bertz CT molecular complexity index is 309. The molecule has 4 heteroatoms. The van der Waals surface area contributed by atoms with Crippen molar-refractivity contribution in [1.29, 1.82) is 0 Å². The highest BCUT2D eigenvalue weighted by atomic mass is 32.1. The molecule has 0 radical (unpaired) electrons. The average molecular weight is 196 g/mol. The number of hydrogen-bond donors (Lipinski definition) is 1. The standard InChI is InChI=1S/C9H12N2OS/c1-6-9(12)11(2)8(10-6)7-4-3-5-13-7/h3-6,8,10H,1-2H3. The van der Waals surface area contributed by atoms with Crippen molar-refractivity contribution in [2.75, 3.05) is 7.05 Å². The van der Waals surface area contributed by atoms with Crippen molar-refractivity contribution < 1.29 is 4.79 Å². The van der Waals surface area contributed by atoms with E-state index in [0.29, 0.717) is 0 Å². The molecule has 3 nitrogen and oxygen atoms in total. The molecule has 1 aliphatic heterocycles. The van der Waals surface area contributed by atoms with Crippen LogP contribution >= 0.6 is 11.3 Å². The molecule has 1 amide bonds. The van der Waals surface area contributed by atoms with Gasteiger partial charge in [-0.05, 0) is 18.4 Å². The Labute approximate surface area is 81.4 Å². The van der Waals surface area contributed by atoms with Gasteiger partial charge in [0.15, 0.2) is 0 Å². The van der Waals surface area contributed by atoms with Gasteiger partial charge in [0.2, 0.25) is 5.91 Å². The maximum atomic E-state index is 11.5. The highest BCUT2D eigenvalue weighted by molar-refractivity contribution is 7.10. The lowest BCUT2D eigenvalue weighted by molar-refractivity contribution is -0.128. The zero-order valence-corrected chi connectivity index (χ0v) is 8.47. The Morgan fingerprint density at radius 1 is 1.62 bits per heavy atom. The number of carbonyl (C=O) groups is 1. The third-order valence-electron chi connectivity index (χ3n) is 2.33. The van der Waals surface area contributed by atoms with Gasteiger partial charge >= 0.3 is 0 Å². The van der Waals surface area contributed by atoms with Crippen LogP contribution in [-0.2, 0) is 4.79 Å². The number of thiophene rings is 1. The molecular formula is C9H12N2OS. The second-order valence-corrected chi connectivity index (χ2v) is 4.23. The molecule has 2 rings (SSSR count). The first kappa shape index (κ1) is 8.72. The fourth-order valence-electron chi connectivity index (χ4n) is 1.57. The topological polar surface area (TPSA) is 32.3 Å². The average Bonchev–Trinajstić information content (AvgIpc) is 2.70. The number of likely N-dealkylation sites (N-methyl/N-ethyl adjacent to an activating group) is 1. The maximum Gasteiger partial charge on any atom is 0.240 e. The first-order chi connectivity index (χ1) is 6.20. The van der Waals surface area contributed by atoms with Crippen LogP contribution < -0.4 is 5.32 Å². The molecule has 1 aromatic rings. The first-order valence-electron chi connectivity index (χ1n) is 4.26. The maximum absolute atomic E-state index is 11.5. The minimum atomic E-state index is -0.0582. The SMILES string of the molecule is CC1NC(c2cccs2)N(C)C1=O. The van der Waals surface area contributed by atoms with Crippen LogP contribution in [0.15, 0.2) is 17.5 Å². The highest BCUT2D eigenvalue weighted by Gasteiger charge is 2.34. The summed E-state index contributed by atoms with van der Waals surface area (Å²) in [7, 11) is 1.84. The lowest BCUT2D eigenvalue weighted by atomic mass is 10.3. The molecule has 2 unspecified atom stereocenters. The van der Waals surface area contributed by atoms with Crippen molar-refractivity contribution in [2.24, 2.45) is 0 Å². The van der Waals surface area contributed by atoms with Gasteiger partial charge in [-0.2, -0.15) is 0 Å². The van der Waals surface area contributed by atoms with Crippen LogP contribution in [0.4, 0.5) is 0 Å². The Morgan fingerprint density at radius 2 is 2.38 bits per heavy atom. The van der Waals surface area contributed by atoms with E-state index in [-0.39, 0.29) is 18.1 Å². The Morgan fingerprint density at radius 3 is 2.85 bits per heavy atom. The van der Waals surface area contributed by atoms with Gasteiger partial charge in [-0.1, -0.05) is 6.07 Å². The molecule has 0 bridgehead atoms. The minimum Gasteiger partial charge on any atom is -0.324 e. The van der Waals surface area contributed by atoms with Crippen molar-refractivity contribution in [1.82, 2.24) is 10.2 Å². The van der Waals surface area contributed by atoms with Crippen LogP contribution in [0.25, 0.3) is 0 Å². The van der Waals surface area contributed by atoms with Crippen molar-refractivity contribution in [3.63, 3.8) is 0 Å². The van der Waals surface area contributed by atoms with E-state index in [9.17, 15) is 4.79 Å². The molecular weight excluding hydrogens is 184 g/mol. The third kappa shape index (κ3) is 1.36. The summed E-state index contributed by atoms with van der Waals surface area (Å²) in [6.07, 6.45) is 0.0718. The van der Waals surface area contributed by atoms with Crippen LogP contribution in [0.3, 0.4) is 0 Å². The zero-order valence-electron chi connectivity index (χ0n) is 7.65. The molecule has 1 aromatic heterocycles. The summed E-state index contributed by atoms with van der Waals surface area (Å²) < 4.78 is 0. The van der Waals surface area contributed by atoms with E-state index in [0.717, 1.165) is 0 Å². The number of nitrogens with one attached hydrogen (secondary N) is 1. The molecule has 1 aliphatic rings. The number of hydrogen-bond acceptors (Lipinski definition) is 3. The fraction of sp³-hybridized carbons (Fsp3) is 0.444. The Balaban J connectivity index is 2.23. The third-order valence-corrected chi connectivity index (χ3v) is 3.25. The number of nitrogens with zero attached hydrogens (tertiary/aromatic N) is 1. The molecule has 0 spiro atoms. The van der Waals surface area contributed by atoms with Crippen molar-refractivity contribution in [3.05, 3.63) is 22.4 Å². The molecule has 70 valence electrons. The molecule has 2 heterocycles. The predicted octanol–water partition coefficient (Wildman–Crippen LogP) is 1.20. The number of carbonyl (C=O) groups excluding carboxylic acids is 1. The van der Waals surface area contributed by atoms with E-state index in [1.54, 1.807) is 16.2 Å². The van der Waals surface area contributed by atoms with Crippen molar-refractivity contribution >= 4 is 17.2 Å². The summed E-state index contributed by atoms with van der Waals surface area (Å²) in [5, 5.41) is 5.27. The second-order valence-electron chi connectivity index (χ2n) is 3.26. The van der Waals surface area contributed by atoms with E-state index in [1.807, 2.05) is 31.5 Å². The molecule has 1 fully saturated rings. The van der Waals surface area contributed by atoms with E-state index in [1.165, 1.54) is 4.88 Å². The van der Waals surface area contributed by atoms with Crippen LogP contribution in [0.5, 0.6) is 0 Å². The first-order valence-corrected chi connectivity index (χ1v) is 5.14. The molecule has 1 saturated heterocycles. The monoisotopic (exact) mass is 196 g/mol. The van der Waals surface area contributed by atoms with Gasteiger partial charge in [-0.15, -0.1) is 11.3 Å². The molecule has 0 aromatic carbocycles. The van der Waals surface area contributed by atoms with Gasteiger partial charge in [0.1, 0.15) is 6.17 Å². The van der Waals surface area contributed by atoms with Gasteiger partial charge < -0.3 is 4.90 Å². The summed E-state index contributed by atoms with van der Waals surface area (Å²) in [4.78, 5) is 14.4. The summed E-state index contributed by atoms with van der Waals surface area (Å²) in [5.74, 6) is 0.165. The van der Waals surface area contributed by atoms with E-state index < -0.39 is 0 Å². The molecule has 0 saturated carbocycles. The Hall–Kier alpha value is -0.870. The van der Waals surface area contributed by atoms with Gasteiger partial charge in [-0.25, -0.2) is 0 Å². The molecule has 2 atom stereocenters. The fourth-order valence-corrected chi connectivity index (χ4v) is 2.40. The van der Waals surface area contributed by atoms with Crippen molar-refractivity contribution in [3.8, 4) is 0 Å². The number of rotatable bonds is 1. The van der Waals surface area contributed by atoms with Crippen LogP contribution in [0.1, 0.15) is 18.0 Å². The minimum absolute atomic E-state index is 0.0582. The quantitative estimate of drug-likeness (QED) is 0.732. The van der Waals surface area contributed by atoms with Crippen LogP contribution in [0.2, 0.25) is 0 Å². The summed E-state index contributed by atoms with van der Waals surface area (Å²) in [6, 6.07) is 3.99. The van der Waals surface area contributed by atoms with Gasteiger partial charge in [0, 0.05) is 11.9 Å². The smallest absolute Gasteiger partial charge is 0.240 e. The second kappa shape index (κ2) is 3.12. The lowest BCUT2D eigenvalue weighted by Crippen LogP contribution is -2.25. The van der Waals surface area contributed by atoms with Crippen LogP contribution in [-0.4, -0.2) is 23.9 Å². The lowest BCUT2D eigenvalue weighted by Gasteiger charge is -2.17. The summed E-state index contributed by atoms with van der Waals surface area (Å²) >= 11 is 1.67. The molecule has 0 aliphatic carbocycles. The summed E-state index contributed by atoms with van der Waals surface area (Å²) in [6.45, 7) is 1.90. The number of amides is 1. The van der Waals surface area contributed by atoms with E-state index in [4.69, 9.17) is 0 Å². The normalized spacial score (nSPS) is 28.5. The highest BCUT2D eigenvalue weighted by Crippen LogP contribution is 2.26. The largest absolute Gasteiger partial charge is 0.324 e. The zero-order chi connectivity index (χ0) is 9.42. The predicted molar refractivity (Wildman–Crippen MR) is 52.4 cm³/mol. The van der Waals surface area contributed by atoms with Gasteiger partial charge in [-0.3, -0.25) is 10.1 Å². The van der Waals surface area contributed by atoms with E-state index >= 15 is 0 Å². The molecule has 1 N–H and O–H groups in total. The van der Waals surface area contributed by atoms with Crippen LogP contribution in [0, 0.1) is 0 Å². The summed E-state index contributed by atoms with van der Waals surface area (Å²) in [5.41, 5.74) is 0. The molecule has 13 heavy (non-hydrogen) atoms.